The van der Waals surface area contributed by atoms with Gasteiger partial charge in [-0.05, 0) is 63.6 Å². The van der Waals surface area contributed by atoms with Gasteiger partial charge in [-0.1, -0.05) is 6.92 Å². The molecule has 1 atom stereocenters. The molecule has 2 amide bonds. The van der Waals surface area contributed by atoms with Crippen molar-refractivity contribution in [2.75, 3.05) is 0 Å². The van der Waals surface area contributed by atoms with Crippen molar-refractivity contribution in [3.63, 3.8) is 0 Å². The molecule has 0 bridgehead atoms. The standard InChI is InChI=1S/C20H27N3OS/c1-4-16-17-9-7-11-22(17)19-15(12-23(16)20(24)21-13(2)3)14-8-5-6-10-18(14)25-19/h7,9,11,13,16H,4-6,8,10,12H2,1-3H3,(H,21,24)/t16-/m1/s1. The third kappa shape index (κ3) is 2.78. The van der Waals surface area contributed by atoms with Crippen molar-refractivity contribution in [1.29, 1.82) is 0 Å². The van der Waals surface area contributed by atoms with Gasteiger partial charge in [0.25, 0.3) is 0 Å². The summed E-state index contributed by atoms with van der Waals surface area (Å²) in [5.41, 5.74) is 4.13. The molecule has 2 aliphatic rings. The van der Waals surface area contributed by atoms with Crippen molar-refractivity contribution in [2.24, 2.45) is 0 Å². The van der Waals surface area contributed by atoms with E-state index in [0.717, 1.165) is 19.4 Å². The third-order valence-corrected chi connectivity index (χ3v) is 6.70. The molecule has 1 aliphatic carbocycles. The van der Waals surface area contributed by atoms with Crippen LogP contribution in [0.4, 0.5) is 4.79 Å². The zero-order chi connectivity index (χ0) is 17.6. The molecule has 0 radical (unpaired) electrons. The van der Waals surface area contributed by atoms with Gasteiger partial charge in [0, 0.05) is 28.4 Å². The third-order valence-electron chi connectivity index (χ3n) is 5.36. The Balaban J connectivity index is 1.84. The van der Waals surface area contributed by atoms with Crippen molar-refractivity contribution < 1.29 is 4.79 Å². The largest absolute Gasteiger partial charge is 0.336 e. The van der Waals surface area contributed by atoms with Crippen LogP contribution in [0.3, 0.4) is 0 Å². The van der Waals surface area contributed by atoms with E-state index in [1.807, 2.05) is 25.2 Å². The summed E-state index contributed by atoms with van der Waals surface area (Å²) in [4.78, 5) is 16.6. The summed E-state index contributed by atoms with van der Waals surface area (Å²) in [5, 5.41) is 4.45. The first-order valence-corrected chi connectivity index (χ1v) is 10.3. The van der Waals surface area contributed by atoms with Crippen LogP contribution in [0.1, 0.15) is 67.8 Å². The van der Waals surface area contributed by atoms with Gasteiger partial charge in [0.1, 0.15) is 5.00 Å². The van der Waals surface area contributed by atoms with E-state index in [2.05, 4.69) is 40.0 Å². The highest BCUT2D eigenvalue weighted by Gasteiger charge is 2.34. The minimum absolute atomic E-state index is 0.0539. The van der Waals surface area contributed by atoms with Crippen LogP contribution in [-0.4, -0.2) is 21.5 Å². The van der Waals surface area contributed by atoms with Gasteiger partial charge in [0.05, 0.1) is 12.6 Å². The molecule has 134 valence electrons. The van der Waals surface area contributed by atoms with Crippen molar-refractivity contribution in [3.05, 3.63) is 40.0 Å². The fourth-order valence-corrected chi connectivity index (χ4v) is 5.64. The summed E-state index contributed by atoms with van der Waals surface area (Å²) >= 11 is 1.94. The summed E-state index contributed by atoms with van der Waals surface area (Å²) in [7, 11) is 0. The number of fused-ring (bicyclic) bond motifs is 5. The minimum Gasteiger partial charge on any atom is -0.336 e. The van der Waals surface area contributed by atoms with Gasteiger partial charge < -0.3 is 14.8 Å². The topological polar surface area (TPSA) is 37.3 Å². The lowest BCUT2D eigenvalue weighted by atomic mass is 9.95. The number of aromatic nitrogens is 1. The van der Waals surface area contributed by atoms with Crippen LogP contribution in [-0.2, 0) is 19.4 Å². The summed E-state index contributed by atoms with van der Waals surface area (Å²) in [5.74, 6) is 0. The summed E-state index contributed by atoms with van der Waals surface area (Å²) in [6.45, 7) is 6.95. The fourth-order valence-electron chi connectivity index (χ4n) is 4.24. The molecule has 5 heteroatoms. The summed E-state index contributed by atoms with van der Waals surface area (Å²) < 4.78 is 2.34. The van der Waals surface area contributed by atoms with Gasteiger partial charge in [0.15, 0.2) is 0 Å². The van der Waals surface area contributed by atoms with Crippen molar-refractivity contribution in [1.82, 2.24) is 14.8 Å². The van der Waals surface area contributed by atoms with Crippen LogP contribution in [0.15, 0.2) is 18.3 Å². The predicted octanol–water partition coefficient (Wildman–Crippen LogP) is 4.80. The molecular formula is C20H27N3OS. The molecule has 4 nitrogen and oxygen atoms in total. The van der Waals surface area contributed by atoms with E-state index < -0.39 is 0 Å². The molecule has 3 heterocycles. The van der Waals surface area contributed by atoms with E-state index in [9.17, 15) is 4.79 Å². The minimum atomic E-state index is 0.0539. The van der Waals surface area contributed by atoms with Crippen LogP contribution < -0.4 is 5.32 Å². The number of carbonyl (C=O) groups is 1. The Morgan fingerprint density at radius 2 is 2.12 bits per heavy atom. The first-order chi connectivity index (χ1) is 12.1. The van der Waals surface area contributed by atoms with Crippen molar-refractivity contribution >= 4 is 17.4 Å². The Labute approximate surface area is 153 Å². The van der Waals surface area contributed by atoms with E-state index in [4.69, 9.17) is 0 Å². The maximum atomic E-state index is 13.0. The average molecular weight is 358 g/mol. The van der Waals surface area contributed by atoms with Crippen LogP contribution in [0.25, 0.3) is 5.00 Å². The number of nitrogens with one attached hydrogen (secondary N) is 1. The van der Waals surface area contributed by atoms with E-state index in [1.165, 1.54) is 46.0 Å². The number of thiophene rings is 1. The molecule has 4 rings (SSSR count). The smallest absolute Gasteiger partial charge is 0.318 e. The quantitative estimate of drug-likeness (QED) is 0.823. The Bertz CT molecular complexity index is 789. The lowest BCUT2D eigenvalue weighted by Crippen LogP contribution is -2.44. The predicted molar refractivity (Wildman–Crippen MR) is 103 cm³/mol. The summed E-state index contributed by atoms with van der Waals surface area (Å²) in [6, 6.07) is 4.61. The number of nitrogens with zero attached hydrogens (tertiary/aromatic N) is 2. The zero-order valence-corrected chi connectivity index (χ0v) is 16.2. The maximum absolute atomic E-state index is 13.0. The second-order valence-electron chi connectivity index (χ2n) is 7.45. The Hall–Kier alpha value is -1.75. The number of aryl methyl sites for hydroxylation is 1. The van der Waals surface area contributed by atoms with Gasteiger partial charge in [-0.25, -0.2) is 4.79 Å². The Morgan fingerprint density at radius 3 is 2.88 bits per heavy atom. The number of amides is 2. The maximum Gasteiger partial charge on any atom is 0.318 e. The van der Waals surface area contributed by atoms with Gasteiger partial charge in [-0.2, -0.15) is 0 Å². The van der Waals surface area contributed by atoms with Gasteiger partial charge >= 0.3 is 6.03 Å². The number of urea groups is 1. The van der Waals surface area contributed by atoms with E-state index in [1.54, 1.807) is 0 Å². The van der Waals surface area contributed by atoms with Crippen LogP contribution in [0, 0.1) is 0 Å². The van der Waals surface area contributed by atoms with E-state index >= 15 is 0 Å². The Kier molecular flexibility index (Phi) is 4.36. The molecule has 1 N–H and O–H groups in total. The van der Waals surface area contributed by atoms with Crippen LogP contribution >= 0.6 is 11.3 Å². The number of hydrogen-bond donors (Lipinski definition) is 1. The Morgan fingerprint density at radius 1 is 1.32 bits per heavy atom. The van der Waals surface area contributed by atoms with E-state index in [-0.39, 0.29) is 18.1 Å². The highest BCUT2D eigenvalue weighted by molar-refractivity contribution is 7.15. The monoisotopic (exact) mass is 357 g/mol. The molecule has 2 aromatic rings. The second-order valence-corrected chi connectivity index (χ2v) is 8.54. The number of hydrogen-bond acceptors (Lipinski definition) is 2. The van der Waals surface area contributed by atoms with Crippen molar-refractivity contribution in [3.8, 4) is 5.00 Å². The molecule has 25 heavy (non-hydrogen) atoms. The molecule has 2 aromatic heterocycles. The van der Waals surface area contributed by atoms with Crippen LogP contribution in [0.2, 0.25) is 0 Å². The second kappa shape index (κ2) is 6.52. The average Bonchev–Trinajstić information content (AvgIpc) is 3.16. The zero-order valence-electron chi connectivity index (χ0n) is 15.3. The number of carbonyl (C=O) groups excluding carboxylic acids is 1. The lowest BCUT2D eigenvalue weighted by molar-refractivity contribution is 0.165. The van der Waals surface area contributed by atoms with Crippen molar-refractivity contribution in [2.45, 2.75) is 71.5 Å². The SMILES string of the molecule is CC[C@@H]1c2cccn2-c2sc3c(c2CN1C(=O)NC(C)C)CCCC3. The lowest BCUT2D eigenvalue weighted by Gasteiger charge is -2.31. The summed E-state index contributed by atoms with van der Waals surface area (Å²) in [6.07, 6.45) is 8.01. The molecular weight excluding hydrogens is 330 g/mol. The molecule has 0 aromatic carbocycles. The van der Waals surface area contributed by atoms with Crippen LogP contribution in [0.5, 0.6) is 0 Å². The molecule has 0 spiro atoms. The molecule has 0 saturated carbocycles. The fraction of sp³-hybridized carbons (Fsp3) is 0.550. The highest BCUT2D eigenvalue weighted by atomic mass is 32.1. The normalized spacial score (nSPS) is 19.2. The molecule has 1 aliphatic heterocycles. The highest BCUT2D eigenvalue weighted by Crippen LogP contribution is 2.42. The molecule has 0 fully saturated rings. The molecule has 0 unspecified atom stereocenters. The molecule has 0 saturated heterocycles. The van der Waals surface area contributed by atoms with Gasteiger partial charge in [-0.15, -0.1) is 11.3 Å². The van der Waals surface area contributed by atoms with E-state index in [0.29, 0.717) is 0 Å². The van der Waals surface area contributed by atoms with Gasteiger partial charge in [0.2, 0.25) is 0 Å². The van der Waals surface area contributed by atoms with Gasteiger partial charge in [-0.3, -0.25) is 0 Å². The first-order valence-electron chi connectivity index (χ1n) is 9.48. The number of rotatable bonds is 2. The first kappa shape index (κ1) is 16.7.